The van der Waals surface area contributed by atoms with Crippen molar-refractivity contribution in [2.24, 2.45) is 5.92 Å². The number of nitro benzene ring substituents is 1. The zero-order valence-electron chi connectivity index (χ0n) is 17.6. The average molecular weight is 431 g/mol. The third kappa shape index (κ3) is 6.11. The number of morpholine rings is 1. The Kier molecular flexibility index (Phi) is 8.38. The lowest BCUT2D eigenvalue weighted by Crippen LogP contribution is -3.15. The van der Waals surface area contributed by atoms with E-state index in [4.69, 9.17) is 9.47 Å². The van der Waals surface area contributed by atoms with E-state index >= 15 is 0 Å². The molecule has 0 spiro atoms. The highest BCUT2D eigenvalue weighted by atomic mass is 32.2. The number of rotatable bonds is 10. The molecule has 1 fully saturated rings. The van der Waals surface area contributed by atoms with Crippen LogP contribution in [0, 0.1) is 16.0 Å². The fourth-order valence-corrected chi connectivity index (χ4v) is 5.02. The third-order valence-electron chi connectivity index (χ3n) is 4.92. The summed E-state index contributed by atoms with van der Waals surface area (Å²) < 4.78 is 38.0. The molecule has 0 saturated carbocycles. The Morgan fingerprint density at radius 2 is 2.03 bits per heavy atom. The van der Waals surface area contributed by atoms with Crippen LogP contribution in [0.4, 0.5) is 5.69 Å². The molecule has 29 heavy (non-hydrogen) atoms. The fraction of sp³-hybridized carbons (Fsp3) is 0.684. The summed E-state index contributed by atoms with van der Waals surface area (Å²) in [5.74, 6) is 0.624. The number of nitro groups is 1. The number of ether oxygens (including phenoxy) is 2. The largest absolute Gasteiger partial charge is 0.484 e. The summed E-state index contributed by atoms with van der Waals surface area (Å²) in [7, 11) is -3.78. The van der Waals surface area contributed by atoms with Crippen molar-refractivity contribution in [2.45, 2.75) is 38.7 Å². The first-order valence-corrected chi connectivity index (χ1v) is 11.5. The van der Waals surface area contributed by atoms with E-state index in [1.54, 1.807) is 13.8 Å². The minimum atomic E-state index is -3.78. The Labute approximate surface area is 172 Å². The highest BCUT2D eigenvalue weighted by Crippen LogP contribution is 2.31. The smallest absolute Gasteiger partial charge is 0.312 e. The van der Waals surface area contributed by atoms with Crippen LogP contribution in [0.1, 0.15) is 27.7 Å². The van der Waals surface area contributed by atoms with Gasteiger partial charge < -0.3 is 14.4 Å². The third-order valence-corrected chi connectivity index (χ3v) is 6.96. The normalized spacial score (nSPS) is 20.2. The molecule has 1 heterocycles. The van der Waals surface area contributed by atoms with E-state index in [2.05, 4.69) is 13.8 Å². The van der Waals surface area contributed by atoms with E-state index in [0.29, 0.717) is 25.6 Å². The summed E-state index contributed by atoms with van der Waals surface area (Å²) in [5.41, 5.74) is -0.361. The molecule has 0 radical (unpaired) electrons. The Balaban J connectivity index is 2.14. The van der Waals surface area contributed by atoms with Crippen LogP contribution in [0.25, 0.3) is 0 Å². The lowest BCUT2D eigenvalue weighted by Gasteiger charge is -2.31. The molecule has 1 saturated heterocycles. The number of sulfonamides is 1. The zero-order valence-corrected chi connectivity index (χ0v) is 18.4. The van der Waals surface area contributed by atoms with Crippen molar-refractivity contribution in [2.75, 3.05) is 45.9 Å². The van der Waals surface area contributed by atoms with E-state index in [1.165, 1.54) is 21.3 Å². The molecule has 9 nitrogen and oxygen atoms in total. The van der Waals surface area contributed by atoms with Crippen molar-refractivity contribution < 1.29 is 27.7 Å². The monoisotopic (exact) mass is 430 g/mol. The molecule has 1 aromatic rings. The summed E-state index contributed by atoms with van der Waals surface area (Å²) >= 11 is 0. The van der Waals surface area contributed by atoms with Gasteiger partial charge in [0.1, 0.15) is 25.8 Å². The van der Waals surface area contributed by atoms with Gasteiger partial charge >= 0.3 is 5.69 Å². The number of quaternary nitrogens is 1. The highest BCUT2D eigenvalue weighted by Gasteiger charge is 2.28. The van der Waals surface area contributed by atoms with Crippen LogP contribution in [0.15, 0.2) is 23.1 Å². The van der Waals surface area contributed by atoms with E-state index < -0.39 is 14.9 Å². The molecule has 1 N–H and O–H groups in total. The molecular formula is C19H32N3O6S+. The van der Waals surface area contributed by atoms with Crippen LogP contribution in [-0.4, -0.2) is 69.7 Å². The number of nitrogens with one attached hydrogen (secondary N) is 1. The van der Waals surface area contributed by atoms with Crippen LogP contribution < -0.4 is 9.64 Å². The summed E-state index contributed by atoms with van der Waals surface area (Å²) in [6.45, 7) is 11.9. The van der Waals surface area contributed by atoms with Crippen LogP contribution in [0.3, 0.4) is 0 Å². The highest BCUT2D eigenvalue weighted by molar-refractivity contribution is 7.89. The molecule has 2 rings (SSSR count). The molecule has 0 aliphatic carbocycles. The van der Waals surface area contributed by atoms with Crippen molar-refractivity contribution in [3.63, 3.8) is 0 Å². The van der Waals surface area contributed by atoms with E-state index in [-0.39, 0.29) is 29.0 Å². The van der Waals surface area contributed by atoms with Crippen LogP contribution >= 0.6 is 0 Å². The fourth-order valence-electron chi connectivity index (χ4n) is 3.54. The summed E-state index contributed by atoms with van der Waals surface area (Å²) in [4.78, 5) is 12.2. The Bertz CT molecular complexity index is 795. The van der Waals surface area contributed by atoms with Gasteiger partial charge in [0.25, 0.3) is 0 Å². The second kappa shape index (κ2) is 10.3. The molecule has 1 aliphatic rings. The summed E-state index contributed by atoms with van der Waals surface area (Å²) in [6, 6.07) is 3.78. The molecule has 164 valence electrons. The number of nitrogens with zero attached hydrogens (tertiary/aromatic N) is 2. The zero-order chi connectivity index (χ0) is 21.6. The Hall–Kier alpha value is -1.75. The van der Waals surface area contributed by atoms with Gasteiger partial charge in [-0.15, -0.1) is 0 Å². The quantitative estimate of drug-likeness (QED) is 0.438. The first-order valence-electron chi connectivity index (χ1n) is 10.1. The molecule has 2 atom stereocenters. The van der Waals surface area contributed by atoms with Crippen molar-refractivity contribution in [1.29, 1.82) is 0 Å². The SMILES string of the molecule is CCN(CC)S(=O)(=O)c1ccc(OC[C@@H]2C[NH+](CC(C)C)CCO2)c([N+](=O)[O-])c1. The summed E-state index contributed by atoms with van der Waals surface area (Å²) in [6.07, 6.45) is -0.156. The van der Waals surface area contributed by atoms with Crippen LogP contribution in [0.2, 0.25) is 0 Å². The van der Waals surface area contributed by atoms with Gasteiger partial charge in [-0.3, -0.25) is 10.1 Å². The molecule has 0 aromatic heterocycles. The van der Waals surface area contributed by atoms with Crippen LogP contribution in [-0.2, 0) is 14.8 Å². The number of hydrogen-bond donors (Lipinski definition) is 1. The molecular weight excluding hydrogens is 398 g/mol. The van der Waals surface area contributed by atoms with Gasteiger partial charge in [0.15, 0.2) is 5.75 Å². The maximum absolute atomic E-state index is 12.6. The molecule has 0 bridgehead atoms. The number of hydrogen-bond acceptors (Lipinski definition) is 6. The predicted molar refractivity (Wildman–Crippen MR) is 109 cm³/mol. The predicted octanol–water partition coefficient (Wildman–Crippen LogP) is 0.944. The second-order valence-electron chi connectivity index (χ2n) is 7.58. The van der Waals surface area contributed by atoms with Crippen molar-refractivity contribution in [3.8, 4) is 5.75 Å². The van der Waals surface area contributed by atoms with Crippen molar-refractivity contribution >= 4 is 15.7 Å². The molecule has 1 aliphatic heterocycles. The molecule has 0 amide bonds. The maximum Gasteiger partial charge on any atom is 0.312 e. The second-order valence-corrected chi connectivity index (χ2v) is 9.52. The molecule has 1 aromatic carbocycles. The van der Waals surface area contributed by atoms with Gasteiger partial charge in [0.2, 0.25) is 10.0 Å². The lowest BCUT2D eigenvalue weighted by molar-refractivity contribution is -0.914. The van der Waals surface area contributed by atoms with Gasteiger partial charge in [0, 0.05) is 25.1 Å². The minimum absolute atomic E-state index is 0.0491. The summed E-state index contributed by atoms with van der Waals surface area (Å²) in [5, 5.41) is 11.5. The molecule has 1 unspecified atom stereocenters. The van der Waals surface area contributed by atoms with Gasteiger partial charge in [-0.1, -0.05) is 27.7 Å². The molecule has 10 heteroatoms. The minimum Gasteiger partial charge on any atom is -0.484 e. The topological polar surface area (TPSA) is 103 Å². The van der Waals surface area contributed by atoms with Gasteiger partial charge in [0.05, 0.1) is 23.0 Å². The van der Waals surface area contributed by atoms with Gasteiger partial charge in [-0.2, -0.15) is 4.31 Å². The number of benzene rings is 1. The van der Waals surface area contributed by atoms with E-state index in [9.17, 15) is 18.5 Å². The first-order chi connectivity index (χ1) is 13.7. The van der Waals surface area contributed by atoms with Crippen molar-refractivity contribution in [1.82, 2.24) is 4.31 Å². The average Bonchev–Trinajstić information content (AvgIpc) is 2.66. The van der Waals surface area contributed by atoms with E-state index in [1.807, 2.05) is 0 Å². The lowest BCUT2D eigenvalue weighted by atomic mass is 10.2. The van der Waals surface area contributed by atoms with Crippen LogP contribution in [0.5, 0.6) is 5.75 Å². The van der Waals surface area contributed by atoms with Crippen molar-refractivity contribution in [3.05, 3.63) is 28.3 Å². The Morgan fingerprint density at radius 3 is 2.62 bits per heavy atom. The van der Waals surface area contributed by atoms with E-state index in [0.717, 1.165) is 25.7 Å². The van der Waals surface area contributed by atoms with Gasteiger partial charge in [-0.05, 0) is 12.1 Å². The maximum atomic E-state index is 12.6. The van der Waals surface area contributed by atoms with Gasteiger partial charge in [-0.25, -0.2) is 8.42 Å². The Morgan fingerprint density at radius 1 is 1.34 bits per heavy atom. The standard InChI is InChI=1S/C19H31N3O6S/c1-5-21(6-2)29(25,26)17-7-8-19(18(11-17)22(23)24)28-14-16-13-20(9-10-27-16)12-15(3)4/h7-8,11,15-16H,5-6,9-10,12-14H2,1-4H3/p+1/t16-/m0/s1. The first kappa shape index (κ1) is 23.5.